The predicted octanol–water partition coefficient (Wildman–Crippen LogP) is 2.17. The fourth-order valence-electron chi connectivity index (χ4n) is 4.29. The molecule has 166 valence electrons. The Bertz CT molecular complexity index is 1100. The van der Waals surface area contributed by atoms with E-state index in [1.54, 1.807) is 12.1 Å². The van der Waals surface area contributed by atoms with Crippen LogP contribution < -0.4 is 0 Å². The van der Waals surface area contributed by atoms with E-state index in [2.05, 4.69) is 13.0 Å². The van der Waals surface area contributed by atoms with Gasteiger partial charge in [-0.2, -0.15) is 0 Å². The van der Waals surface area contributed by atoms with Gasteiger partial charge in [0.05, 0.1) is 6.61 Å². The number of aliphatic hydroxyl groups excluding tert-OH is 4. The summed E-state index contributed by atoms with van der Waals surface area (Å²) in [6.07, 6.45) is -6.11. The van der Waals surface area contributed by atoms with Gasteiger partial charge in [-0.25, -0.2) is 0 Å². The molecule has 7 heteroatoms. The van der Waals surface area contributed by atoms with Crippen molar-refractivity contribution in [3.63, 3.8) is 0 Å². The summed E-state index contributed by atoms with van der Waals surface area (Å²) in [5, 5.41) is 51.4. The smallest absolute Gasteiger partial charge is 0.137 e. The number of aryl methyl sites for hydroxylation is 3. The third-order valence-electron chi connectivity index (χ3n) is 6.24. The molecule has 0 bridgehead atoms. The van der Waals surface area contributed by atoms with Crippen molar-refractivity contribution in [1.82, 2.24) is 0 Å². The summed E-state index contributed by atoms with van der Waals surface area (Å²) >= 11 is 0. The molecule has 1 aliphatic heterocycles. The molecule has 1 aliphatic rings. The number of hydrogen-bond acceptors (Lipinski definition) is 7. The van der Waals surface area contributed by atoms with Crippen LogP contribution in [0, 0.1) is 20.8 Å². The van der Waals surface area contributed by atoms with Gasteiger partial charge >= 0.3 is 0 Å². The van der Waals surface area contributed by atoms with Crippen molar-refractivity contribution in [3.05, 3.63) is 63.9 Å². The van der Waals surface area contributed by atoms with Crippen LogP contribution >= 0.6 is 0 Å². The first-order chi connectivity index (χ1) is 14.7. The Balaban J connectivity index is 1.66. The lowest BCUT2D eigenvalue weighted by molar-refractivity contribution is -0.232. The molecule has 5 atom stereocenters. The van der Waals surface area contributed by atoms with E-state index in [0.717, 1.165) is 33.4 Å². The summed E-state index contributed by atoms with van der Waals surface area (Å²) in [6, 6.07) is 9.07. The summed E-state index contributed by atoms with van der Waals surface area (Å²) in [4.78, 5) is 0. The van der Waals surface area contributed by atoms with E-state index in [1.807, 2.05) is 19.9 Å². The van der Waals surface area contributed by atoms with Crippen molar-refractivity contribution >= 4 is 11.0 Å². The van der Waals surface area contributed by atoms with E-state index in [9.17, 15) is 25.5 Å². The number of phenols is 1. The molecule has 31 heavy (non-hydrogen) atoms. The minimum absolute atomic E-state index is 0.111. The second-order valence-corrected chi connectivity index (χ2v) is 8.41. The molecule has 2 aromatic carbocycles. The highest BCUT2D eigenvalue weighted by molar-refractivity contribution is 5.85. The van der Waals surface area contributed by atoms with E-state index in [0.29, 0.717) is 6.42 Å². The monoisotopic (exact) mass is 428 g/mol. The molecular formula is C24H28O7. The molecule has 1 fully saturated rings. The topological polar surface area (TPSA) is 124 Å². The van der Waals surface area contributed by atoms with E-state index < -0.39 is 37.1 Å². The van der Waals surface area contributed by atoms with Gasteiger partial charge in [-0.05, 0) is 61.2 Å². The summed E-state index contributed by atoms with van der Waals surface area (Å²) < 4.78 is 11.7. The van der Waals surface area contributed by atoms with Crippen molar-refractivity contribution in [2.75, 3.05) is 6.61 Å². The van der Waals surface area contributed by atoms with Crippen LogP contribution in [0.3, 0.4) is 0 Å². The highest BCUT2D eigenvalue weighted by Gasteiger charge is 2.44. The van der Waals surface area contributed by atoms with Crippen molar-refractivity contribution in [1.29, 1.82) is 0 Å². The average Bonchev–Trinajstić information content (AvgIpc) is 3.17. The summed E-state index contributed by atoms with van der Waals surface area (Å²) in [6.45, 7) is 5.60. The van der Waals surface area contributed by atoms with Crippen LogP contribution in [-0.2, 0) is 11.2 Å². The largest absolute Gasteiger partial charge is 0.508 e. The number of aliphatic hydroxyl groups is 4. The molecule has 0 unspecified atom stereocenters. The lowest BCUT2D eigenvalue weighted by Gasteiger charge is -2.40. The minimum atomic E-state index is -1.51. The van der Waals surface area contributed by atoms with Gasteiger partial charge in [-0.15, -0.1) is 0 Å². The van der Waals surface area contributed by atoms with Crippen molar-refractivity contribution in [3.8, 4) is 5.75 Å². The standard InChI is InChI=1S/C24H28O7/c1-11-6-12(2)16-9-15(30-23(16)13(11)3)7-14-4-5-18(26)17(8-14)24-22(29)21(28)20(27)19(10-25)31-24/h4-6,8-9,19-22,24-29H,7,10H2,1-3H3/t19-,20-,21+,22-,24+/m1/s1. The van der Waals surface area contributed by atoms with Gasteiger partial charge in [0.1, 0.15) is 47.6 Å². The number of rotatable bonds is 4. The normalized spacial score (nSPS) is 26.5. The molecule has 7 nitrogen and oxygen atoms in total. The molecule has 3 aromatic rings. The van der Waals surface area contributed by atoms with E-state index >= 15 is 0 Å². The first-order valence-electron chi connectivity index (χ1n) is 10.3. The van der Waals surface area contributed by atoms with E-state index in [4.69, 9.17) is 9.15 Å². The molecule has 1 aromatic heterocycles. The molecule has 0 spiro atoms. The molecule has 0 saturated carbocycles. The maximum Gasteiger partial charge on any atom is 0.137 e. The molecule has 4 rings (SSSR count). The fourth-order valence-corrected chi connectivity index (χ4v) is 4.29. The first kappa shape index (κ1) is 21.8. The van der Waals surface area contributed by atoms with Gasteiger partial charge in [-0.3, -0.25) is 0 Å². The van der Waals surface area contributed by atoms with Crippen LogP contribution in [0.2, 0.25) is 0 Å². The Labute approximate surface area is 180 Å². The Morgan fingerprint density at radius 1 is 0.903 bits per heavy atom. The first-order valence-corrected chi connectivity index (χ1v) is 10.3. The molecule has 0 radical (unpaired) electrons. The molecule has 1 saturated heterocycles. The van der Waals surface area contributed by atoms with E-state index in [-0.39, 0.29) is 11.3 Å². The van der Waals surface area contributed by atoms with Crippen LogP contribution in [0.15, 0.2) is 34.7 Å². The van der Waals surface area contributed by atoms with Crippen LogP contribution in [0.4, 0.5) is 0 Å². The molecule has 5 N–H and O–H groups in total. The van der Waals surface area contributed by atoms with Gasteiger partial charge in [-0.1, -0.05) is 12.1 Å². The SMILES string of the molecule is Cc1cc(C)c2cc(Cc3ccc(O)c([C@@H]4O[C@H](CO)[C@@H](O)[C@H](O)[C@H]4O)c3)oc2c1C. The maximum absolute atomic E-state index is 10.4. The van der Waals surface area contributed by atoms with Crippen LogP contribution in [-0.4, -0.2) is 56.6 Å². The lowest BCUT2D eigenvalue weighted by atomic mass is 9.90. The number of benzene rings is 2. The summed E-state index contributed by atoms with van der Waals surface area (Å²) in [5.74, 6) is 0.650. The zero-order valence-electron chi connectivity index (χ0n) is 17.7. The minimum Gasteiger partial charge on any atom is -0.508 e. The second-order valence-electron chi connectivity index (χ2n) is 8.41. The Morgan fingerprint density at radius 2 is 1.65 bits per heavy atom. The van der Waals surface area contributed by atoms with Crippen LogP contribution in [0.25, 0.3) is 11.0 Å². The zero-order valence-corrected chi connectivity index (χ0v) is 17.7. The van der Waals surface area contributed by atoms with Gasteiger partial charge in [0.15, 0.2) is 0 Å². The molecule has 0 amide bonds. The number of aromatic hydroxyl groups is 1. The van der Waals surface area contributed by atoms with Gasteiger partial charge in [0, 0.05) is 17.4 Å². The summed E-state index contributed by atoms with van der Waals surface area (Å²) in [5.41, 5.74) is 5.35. The molecular weight excluding hydrogens is 400 g/mol. The molecule has 0 aliphatic carbocycles. The Morgan fingerprint density at radius 3 is 2.35 bits per heavy atom. The van der Waals surface area contributed by atoms with Crippen LogP contribution in [0.5, 0.6) is 5.75 Å². The number of hydrogen-bond donors (Lipinski definition) is 5. The third kappa shape index (κ3) is 3.84. The highest BCUT2D eigenvalue weighted by atomic mass is 16.5. The Kier molecular flexibility index (Phi) is 5.81. The number of ether oxygens (including phenoxy) is 1. The quantitative estimate of drug-likeness (QED) is 0.431. The van der Waals surface area contributed by atoms with Crippen molar-refractivity contribution in [2.24, 2.45) is 0 Å². The number of phenolic OH excluding ortho intramolecular Hbond substituents is 1. The van der Waals surface area contributed by atoms with Crippen LogP contribution in [0.1, 0.15) is 39.7 Å². The predicted molar refractivity (Wildman–Crippen MR) is 114 cm³/mol. The second kappa shape index (κ2) is 8.26. The Hall–Kier alpha value is -2.42. The zero-order chi connectivity index (χ0) is 22.4. The summed E-state index contributed by atoms with van der Waals surface area (Å²) in [7, 11) is 0. The average molecular weight is 428 g/mol. The third-order valence-corrected chi connectivity index (χ3v) is 6.24. The highest BCUT2D eigenvalue weighted by Crippen LogP contribution is 2.37. The number of fused-ring (bicyclic) bond motifs is 1. The molecule has 2 heterocycles. The van der Waals surface area contributed by atoms with Crippen molar-refractivity contribution in [2.45, 2.75) is 57.7 Å². The van der Waals surface area contributed by atoms with Gasteiger partial charge in [0.2, 0.25) is 0 Å². The van der Waals surface area contributed by atoms with Gasteiger partial charge in [0.25, 0.3) is 0 Å². The fraction of sp³-hybridized carbons (Fsp3) is 0.417. The van der Waals surface area contributed by atoms with E-state index in [1.165, 1.54) is 11.6 Å². The number of furan rings is 1. The maximum atomic E-state index is 10.4. The van der Waals surface area contributed by atoms with Gasteiger partial charge < -0.3 is 34.7 Å². The van der Waals surface area contributed by atoms with Crippen molar-refractivity contribution < 1.29 is 34.7 Å². The lowest BCUT2D eigenvalue weighted by Crippen LogP contribution is -2.55.